The van der Waals surface area contributed by atoms with E-state index >= 15 is 0 Å². The highest BCUT2D eigenvalue weighted by molar-refractivity contribution is 7.19. The van der Waals surface area contributed by atoms with Gasteiger partial charge in [0.2, 0.25) is 0 Å². The molecule has 5 aromatic rings. The summed E-state index contributed by atoms with van der Waals surface area (Å²) in [5.74, 6) is 1.42. The lowest BCUT2D eigenvalue weighted by molar-refractivity contribution is 0.415. The average molecular weight is 402 g/mol. The van der Waals surface area contributed by atoms with E-state index in [4.69, 9.17) is 9.72 Å². The van der Waals surface area contributed by atoms with Gasteiger partial charge in [0.05, 0.1) is 18.2 Å². The number of H-pyrrole nitrogens is 1. The zero-order valence-electron chi connectivity index (χ0n) is 15.8. The molecule has 8 heteroatoms. The Hall–Kier alpha value is -3.26. The molecule has 0 fully saturated rings. The van der Waals surface area contributed by atoms with Gasteiger partial charge in [0.1, 0.15) is 22.6 Å². The Morgan fingerprint density at radius 3 is 3.03 bits per heavy atom. The third kappa shape index (κ3) is 2.63. The van der Waals surface area contributed by atoms with Gasteiger partial charge in [-0.2, -0.15) is 5.10 Å². The number of aromatic amines is 1. The van der Waals surface area contributed by atoms with Crippen LogP contribution in [0.3, 0.4) is 0 Å². The molecule has 0 unspecified atom stereocenters. The molecule has 0 bridgehead atoms. The van der Waals surface area contributed by atoms with Crippen molar-refractivity contribution >= 4 is 27.2 Å². The highest BCUT2D eigenvalue weighted by Crippen LogP contribution is 2.37. The zero-order chi connectivity index (χ0) is 19.4. The monoisotopic (exact) mass is 402 g/mol. The van der Waals surface area contributed by atoms with Crippen molar-refractivity contribution in [3.63, 3.8) is 0 Å². The number of ether oxygens (including phenoxy) is 1. The van der Waals surface area contributed by atoms with E-state index in [2.05, 4.69) is 20.3 Å². The van der Waals surface area contributed by atoms with Gasteiger partial charge < -0.3 is 4.74 Å². The number of aromatic nitrogens is 6. The van der Waals surface area contributed by atoms with Crippen LogP contribution < -0.4 is 4.74 Å². The van der Waals surface area contributed by atoms with Crippen LogP contribution in [0, 0.1) is 0 Å². The number of nitrogens with zero attached hydrogens (tertiary/aromatic N) is 5. The second-order valence-electron chi connectivity index (χ2n) is 7.24. The normalized spacial score (nSPS) is 13.8. The predicted molar refractivity (Wildman–Crippen MR) is 112 cm³/mol. The van der Waals surface area contributed by atoms with Gasteiger partial charge in [0.15, 0.2) is 11.5 Å². The van der Waals surface area contributed by atoms with Crippen molar-refractivity contribution in [2.24, 2.45) is 0 Å². The molecule has 4 aromatic heterocycles. The number of benzene rings is 1. The first-order valence-electron chi connectivity index (χ1n) is 9.66. The van der Waals surface area contributed by atoms with Crippen LogP contribution in [0.15, 0.2) is 36.7 Å². The van der Waals surface area contributed by atoms with Crippen LogP contribution in [0.1, 0.15) is 23.3 Å². The number of nitrogens with one attached hydrogen (secondary N) is 1. The molecular weight excluding hydrogens is 384 g/mol. The SMILES string of the molecule is COc1cccc(-c2cc(-c3nc4c5c6c(sc5ncn4n3)CCCC6)[nH]n2)c1. The lowest BCUT2D eigenvalue weighted by Gasteiger charge is -2.09. The molecule has 1 aliphatic carbocycles. The van der Waals surface area contributed by atoms with Crippen molar-refractivity contribution in [2.45, 2.75) is 25.7 Å². The maximum Gasteiger partial charge on any atom is 0.200 e. The Morgan fingerprint density at radius 1 is 1.17 bits per heavy atom. The van der Waals surface area contributed by atoms with Gasteiger partial charge >= 0.3 is 0 Å². The van der Waals surface area contributed by atoms with Crippen molar-refractivity contribution in [1.82, 2.24) is 29.8 Å². The molecule has 1 aliphatic rings. The largest absolute Gasteiger partial charge is 0.497 e. The van der Waals surface area contributed by atoms with Gasteiger partial charge in [-0.15, -0.1) is 16.4 Å². The average Bonchev–Trinajstić information content (AvgIpc) is 3.48. The van der Waals surface area contributed by atoms with E-state index in [0.717, 1.165) is 46.0 Å². The quantitative estimate of drug-likeness (QED) is 0.487. The molecule has 0 atom stereocenters. The van der Waals surface area contributed by atoms with Crippen molar-refractivity contribution < 1.29 is 4.74 Å². The number of methoxy groups -OCH3 is 1. The van der Waals surface area contributed by atoms with Crippen LogP contribution >= 0.6 is 11.3 Å². The van der Waals surface area contributed by atoms with Gasteiger partial charge in [-0.1, -0.05) is 12.1 Å². The number of aryl methyl sites for hydroxylation is 2. The van der Waals surface area contributed by atoms with Gasteiger partial charge in [-0.3, -0.25) is 5.10 Å². The summed E-state index contributed by atoms with van der Waals surface area (Å²) in [5, 5.41) is 13.3. The number of hydrogen-bond donors (Lipinski definition) is 1. The Labute approximate surface area is 170 Å². The molecule has 1 N–H and O–H groups in total. The van der Waals surface area contributed by atoms with Crippen LogP contribution in [-0.2, 0) is 12.8 Å². The summed E-state index contributed by atoms with van der Waals surface area (Å²) in [6, 6.07) is 9.80. The fraction of sp³-hybridized carbons (Fsp3) is 0.238. The van der Waals surface area contributed by atoms with E-state index < -0.39 is 0 Å². The van der Waals surface area contributed by atoms with Crippen LogP contribution in [0.4, 0.5) is 0 Å². The van der Waals surface area contributed by atoms with E-state index in [1.807, 2.05) is 30.3 Å². The molecular formula is C21H18N6OS. The van der Waals surface area contributed by atoms with Gasteiger partial charge in [0.25, 0.3) is 0 Å². The highest BCUT2D eigenvalue weighted by Gasteiger charge is 2.21. The number of hydrogen-bond acceptors (Lipinski definition) is 6. The molecule has 0 amide bonds. The molecule has 7 nitrogen and oxygen atoms in total. The van der Waals surface area contributed by atoms with Crippen LogP contribution in [0.25, 0.3) is 38.6 Å². The second-order valence-corrected chi connectivity index (χ2v) is 8.32. The summed E-state index contributed by atoms with van der Waals surface area (Å²) in [5.41, 5.74) is 4.88. The molecule has 6 rings (SSSR count). The number of thiophene rings is 1. The maximum atomic E-state index is 5.31. The Morgan fingerprint density at radius 2 is 2.10 bits per heavy atom. The summed E-state index contributed by atoms with van der Waals surface area (Å²) in [6.45, 7) is 0. The standard InChI is InChI=1S/C21H18N6OS/c1-28-13-6-4-5-12(9-13)15-10-16(25-24-15)19-23-20-18-14-7-2-3-8-17(14)29-21(18)22-11-27(20)26-19/h4-6,9-11H,2-3,7-8H2,1H3,(H,24,25). The van der Waals surface area contributed by atoms with E-state index in [-0.39, 0.29) is 0 Å². The molecule has 0 radical (unpaired) electrons. The molecule has 0 aliphatic heterocycles. The minimum atomic E-state index is 0.622. The Bertz CT molecular complexity index is 1360. The fourth-order valence-electron chi connectivity index (χ4n) is 4.04. The highest BCUT2D eigenvalue weighted by atomic mass is 32.1. The molecule has 29 heavy (non-hydrogen) atoms. The lowest BCUT2D eigenvalue weighted by atomic mass is 9.97. The number of rotatable bonds is 3. The van der Waals surface area contributed by atoms with E-state index in [9.17, 15) is 0 Å². The van der Waals surface area contributed by atoms with Gasteiger partial charge in [0, 0.05) is 10.4 Å². The van der Waals surface area contributed by atoms with Gasteiger partial charge in [-0.05, 0) is 49.4 Å². The minimum absolute atomic E-state index is 0.622. The third-order valence-corrected chi connectivity index (χ3v) is 6.68. The summed E-state index contributed by atoms with van der Waals surface area (Å²) in [4.78, 5) is 12.0. The predicted octanol–water partition coefficient (Wildman–Crippen LogP) is 4.28. The topological polar surface area (TPSA) is 81.0 Å². The molecule has 4 heterocycles. The van der Waals surface area contributed by atoms with Crippen molar-refractivity contribution in [1.29, 1.82) is 0 Å². The van der Waals surface area contributed by atoms with Crippen LogP contribution in [0.5, 0.6) is 5.75 Å². The Kier molecular flexibility index (Phi) is 3.67. The molecule has 1 aromatic carbocycles. The van der Waals surface area contributed by atoms with Crippen molar-refractivity contribution in [2.75, 3.05) is 7.11 Å². The molecule has 144 valence electrons. The van der Waals surface area contributed by atoms with Crippen molar-refractivity contribution in [3.8, 4) is 28.5 Å². The first-order chi connectivity index (χ1) is 14.3. The first-order valence-corrected chi connectivity index (χ1v) is 10.5. The molecule has 0 saturated heterocycles. The van der Waals surface area contributed by atoms with Gasteiger partial charge in [-0.25, -0.2) is 14.5 Å². The summed E-state index contributed by atoms with van der Waals surface area (Å²) in [6.07, 6.45) is 6.49. The summed E-state index contributed by atoms with van der Waals surface area (Å²) in [7, 11) is 1.66. The van der Waals surface area contributed by atoms with E-state index in [1.54, 1.807) is 29.3 Å². The smallest absolute Gasteiger partial charge is 0.200 e. The number of fused-ring (bicyclic) bond motifs is 5. The van der Waals surface area contributed by atoms with Crippen LogP contribution in [-0.4, -0.2) is 36.9 Å². The summed E-state index contributed by atoms with van der Waals surface area (Å²) >= 11 is 1.80. The summed E-state index contributed by atoms with van der Waals surface area (Å²) < 4.78 is 7.10. The first kappa shape index (κ1) is 16.7. The van der Waals surface area contributed by atoms with E-state index in [0.29, 0.717) is 5.82 Å². The minimum Gasteiger partial charge on any atom is -0.497 e. The zero-order valence-corrected chi connectivity index (χ0v) is 16.7. The molecule has 0 spiro atoms. The Balaban J connectivity index is 1.46. The van der Waals surface area contributed by atoms with Crippen LogP contribution in [0.2, 0.25) is 0 Å². The second kappa shape index (κ2) is 6.38. The molecule has 0 saturated carbocycles. The lowest BCUT2D eigenvalue weighted by Crippen LogP contribution is -1.99. The maximum absolute atomic E-state index is 5.31. The third-order valence-electron chi connectivity index (χ3n) is 5.48. The van der Waals surface area contributed by atoms with Crippen molar-refractivity contribution in [3.05, 3.63) is 47.1 Å². The fourth-order valence-corrected chi connectivity index (χ4v) is 5.26. The van der Waals surface area contributed by atoms with E-state index in [1.165, 1.54) is 28.7 Å².